The van der Waals surface area contributed by atoms with E-state index in [1.807, 2.05) is 0 Å². The summed E-state index contributed by atoms with van der Waals surface area (Å²) >= 11 is 0. The van der Waals surface area contributed by atoms with Gasteiger partial charge in [-0.2, -0.15) is 9.78 Å². The van der Waals surface area contributed by atoms with Gasteiger partial charge in [-0.3, -0.25) is 4.79 Å². The molecule has 1 aromatic carbocycles. The van der Waals surface area contributed by atoms with Crippen LogP contribution < -0.4 is 11.2 Å². The van der Waals surface area contributed by atoms with Gasteiger partial charge in [-0.05, 0) is 54.9 Å². The highest BCUT2D eigenvalue weighted by Crippen LogP contribution is 2.63. The fraction of sp³-hybridized carbons (Fsp3) is 0.500. The maximum Gasteiger partial charge on any atom is 0.437 e. The fourth-order valence-corrected chi connectivity index (χ4v) is 4.51. The number of hydrazone groups is 1. The Morgan fingerprint density at radius 1 is 1.36 bits per heavy atom. The molecule has 0 saturated heterocycles. The third-order valence-electron chi connectivity index (χ3n) is 6.82. The van der Waals surface area contributed by atoms with Crippen molar-refractivity contribution >= 4 is 11.6 Å². The summed E-state index contributed by atoms with van der Waals surface area (Å²) in [5.41, 5.74) is 4.19. The van der Waals surface area contributed by atoms with E-state index in [4.69, 9.17) is 4.42 Å². The smallest absolute Gasteiger partial charge is 0.388 e. The molecule has 0 radical (unpaired) electrons. The highest BCUT2D eigenvalue weighted by molar-refractivity contribution is 5.95. The molecule has 1 aromatic heterocycles. The number of aromatic nitrogens is 2. The topological polar surface area (TPSA) is 89.5 Å². The third kappa shape index (κ3) is 2.87. The largest absolute Gasteiger partial charge is 0.437 e. The van der Waals surface area contributed by atoms with Gasteiger partial charge in [-0.1, -0.05) is 20.8 Å². The van der Waals surface area contributed by atoms with Crippen LogP contribution in [0.1, 0.15) is 40.0 Å². The molecule has 2 aromatic rings. The van der Waals surface area contributed by atoms with Gasteiger partial charge in [0.2, 0.25) is 5.89 Å². The molecule has 2 saturated carbocycles. The lowest BCUT2D eigenvalue weighted by atomic mass is 9.70. The van der Waals surface area contributed by atoms with E-state index in [0.717, 1.165) is 23.2 Å². The standard InChI is InChI=1S/C20H23FN4O3/c1-19(2)13-8-9-20(19,3)15(10-13)22-23-16(26)11-25-18(27)28-17(24-25)12-4-6-14(21)7-5-12/h4-7,13H,8-11H2,1-3H3,(H,23,26)/b22-15+/t13-,20-/m0/s1. The molecule has 2 aliphatic carbocycles. The third-order valence-corrected chi connectivity index (χ3v) is 6.82. The van der Waals surface area contributed by atoms with Gasteiger partial charge in [0.15, 0.2) is 0 Å². The quantitative estimate of drug-likeness (QED) is 0.818. The number of carbonyl (C=O) groups is 1. The molecule has 1 amide bonds. The van der Waals surface area contributed by atoms with Crippen LogP contribution in [-0.2, 0) is 11.3 Å². The minimum absolute atomic E-state index is 0.00850. The second-order valence-electron chi connectivity index (χ2n) is 8.42. The van der Waals surface area contributed by atoms with Gasteiger partial charge >= 0.3 is 5.76 Å². The summed E-state index contributed by atoms with van der Waals surface area (Å²) < 4.78 is 19.0. The monoisotopic (exact) mass is 386 g/mol. The molecule has 2 bridgehead atoms. The zero-order valence-electron chi connectivity index (χ0n) is 16.2. The zero-order valence-corrected chi connectivity index (χ0v) is 16.2. The molecule has 0 unspecified atom stereocenters. The van der Waals surface area contributed by atoms with E-state index in [1.54, 1.807) is 0 Å². The van der Waals surface area contributed by atoms with Crippen LogP contribution in [-0.4, -0.2) is 21.4 Å². The fourth-order valence-electron chi connectivity index (χ4n) is 4.51. The van der Waals surface area contributed by atoms with Crippen molar-refractivity contribution < 1.29 is 13.6 Å². The SMILES string of the molecule is CC1(C)[C@H]2CC[C@@]1(C)/C(=N/NC(=O)Cn1nc(-c3ccc(F)cc3)oc1=O)C2. The van der Waals surface area contributed by atoms with Crippen molar-refractivity contribution in [1.82, 2.24) is 15.2 Å². The van der Waals surface area contributed by atoms with Crippen molar-refractivity contribution in [3.63, 3.8) is 0 Å². The molecule has 0 aliphatic heterocycles. The lowest BCUT2D eigenvalue weighted by Gasteiger charge is -2.34. The number of hydrogen-bond acceptors (Lipinski definition) is 5. The van der Waals surface area contributed by atoms with Crippen molar-refractivity contribution in [1.29, 1.82) is 0 Å². The van der Waals surface area contributed by atoms with Gasteiger partial charge in [0.1, 0.15) is 12.4 Å². The minimum Gasteiger partial charge on any atom is -0.388 e. The summed E-state index contributed by atoms with van der Waals surface area (Å²) in [5, 5.41) is 8.39. The molecule has 8 heteroatoms. The van der Waals surface area contributed by atoms with E-state index in [-0.39, 0.29) is 23.3 Å². The molecule has 1 N–H and O–H groups in total. The Morgan fingerprint density at radius 2 is 2.07 bits per heavy atom. The molecule has 148 valence electrons. The lowest BCUT2D eigenvalue weighted by Crippen LogP contribution is -2.35. The van der Waals surface area contributed by atoms with Gasteiger partial charge in [-0.15, -0.1) is 5.10 Å². The predicted octanol–water partition coefficient (Wildman–Crippen LogP) is 2.96. The Labute approximate surface area is 161 Å². The van der Waals surface area contributed by atoms with Crippen LogP contribution in [0.2, 0.25) is 0 Å². The highest BCUT2D eigenvalue weighted by atomic mass is 19.1. The molecule has 2 fully saturated rings. The van der Waals surface area contributed by atoms with Gasteiger partial charge < -0.3 is 4.42 Å². The van der Waals surface area contributed by atoms with Crippen molar-refractivity contribution in [3.05, 3.63) is 40.6 Å². The summed E-state index contributed by atoms with van der Waals surface area (Å²) in [4.78, 5) is 24.2. The van der Waals surface area contributed by atoms with E-state index in [2.05, 4.69) is 36.4 Å². The molecule has 2 atom stereocenters. The molecule has 1 heterocycles. The van der Waals surface area contributed by atoms with E-state index in [1.165, 1.54) is 30.7 Å². The van der Waals surface area contributed by atoms with Crippen LogP contribution in [0.4, 0.5) is 4.39 Å². The Bertz CT molecular complexity index is 1010. The lowest BCUT2D eigenvalue weighted by molar-refractivity contribution is -0.121. The van der Waals surface area contributed by atoms with Crippen LogP contribution >= 0.6 is 0 Å². The second kappa shape index (κ2) is 6.39. The first-order valence-corrected chi connectivity index (χ1v) is 9.40. The number of rotatable bonds is 4. The molecular weight excluding hydrogens is 363 g/mol. The Balaban J connectivity index is 1.45. The van der Waals surface area contributed by atoms with Gasteiger partial charge in [0, 0.05) is 16.7 Å². The first kappa shape index (κ1) is 18.6. The van der Waals surface area contributed by atoms with Crippen LogP contribution in [0.25, 0.3) is 11.5 Å². The van der Waals surface area contributed by atoms with Crippen LogP contribution in [0.5, 0.6) is 0 Å². The van der Waals surface area contributed by atoms with E-state index in [0.29, 0.717) is 11.5 Å². The summed E-state index contributed by atoms with van der Waals surface area (Å²) in [6.45, 7) is 6.44. The molecule has 7 nitrogen and oxygen atoms in total. The normalized spacial score (nSPS) is 26.7. The van der Waals surface area contributed by atoms with Crippen LogP contribution in [0.3, 0.4) is 0 Å². The Kier molecular flexibility index (Phi) is 4.24. The highest BCUT2D eigenvalue weighted by Gasteiger charge is 2.60. The molecule has 0 spiro atoms. The van der Waals surface area contributed by atoms with Gasteiger partial charge in [0.25, 0.3) is 5.91 Å². The number of hydrogen-bond donors (Lipinski definition) is 1. The van der Waals surface area contributed by atoms with Crippen LogP contribution in [0, 0.1) is 22.6 Å². The summed E-state index contributed by atoms with van der Waals surface area (Å²) in [5.74, 6) is -0.981. The zero-order chi connectivity index (χ0) is 20.1. The maximum absolute atomic E-state index is 13.0. The van der Waals surface area contributed by atoms with Crippen molar-refractivity contribution in [2.24, 2.45) is 21.8 Å². The van der Waals surface area contributed by atoms with E-state index >= 15 is 0 Å². The van der Waals surface area contributed by atoms with Crippen LogP contribution in [0.15, 0.2) is 38.6 Å². The number of fused-ring (bicyclic) bond motifs is 2. The molecular formula is C20H23FN4O3. The second-order valence-corrected chi connectivity index (χ2v) is 8.42. The average Bonchev–Trinajstić information content (AvgIpc) is 3.18. The van der Waals surface area contributed by atoms with E-state index < -0.39 is 17.5 Å². The van der Waals surface area contributed by atoms with Gasteiger partial charge in [-0.25, -0.2) is 14.6 Å². The summed E-state index contributed by atoms with van der Waals surface area (Å²) in [6.07, 6.45) is 3.16. The Morgan fingerprint density at radius 3 is 2.68 bits per heavy atom. The number of amides is 1. The van der Waals surface area contributed by atoms with E-state index in [9.17, 15) is 14.0 Å². The first-order valence-electron chi connectivity index (χ1n) is 9.40. The summed E-state index contributed by atoms with van der Waals surface area (Å²) in [7, 11) is 0. The number of halogens is 1. The van der Waals surface area contributed by atoms with Crippen molar-refractivity contribution in [2.45, 2.75) is 46.6 Å². The number of nitrogens with one attached hydrogen (secondary N) is 1. The number of carbonyl (C=O) groups excluding carboxylic acids is 1. The number of nitrogens with zero attached hydrogens (tertiary/aromatic N) is 3. The minimum atomic E-state index is -0.754. The molecule has 28 heavy (non-hydrogen) atoms. The van der Waals surface area contributed by atoms with Crippen molar-refractivity contribution in [3.8, 4) is 11.5 Å². The first-order chi connectivity index (χ1) is 13.2. The average molecular weight is 386 g/mol. The Hall–Kier alpha value is -2.77. The maximum atomic E-state index is 13.0. The molecule has 2 aliphatic rings. The van der Waals surface area contributed by atoms with Gasteiger partial charge in [0.05, 0.1) is 0 Å². The molecule has 4 rings (SSSR count). The number of benzene rings is 1. The predicted molar refractivity (Wildman–Crippen MR) is 101 cm³/mol. The summed E-state index contributed by atoms with van der Waals surface area (Å²) in [6, 6.07) is 5.40. The van der Waals surface area contributed by atoms with Crippen molar-refractivity contribution in [2.75, 3.05) is 0 Å².